The molecular weight excluding hydrogens is 221 g/mol. The minimum Gasteiger partial charge on any atom is -0.327 e. The van der Waals surface area contributed by atoms with Crippen LogP contribution in [0.25, 0.3) is 16.5 Å². The Morgan fingerprint density at radius 1 is 1.19 bits per heavy atom. The van der Waals surface area contributed by atoms with Crippen LogP contribution in [0.2, 0.25) is 0 Å². The second-order valence-corrected chi connectivity index (χ2v) is 4.44. The molecule has 2 rings (SSSR count). The molecule has 1 aromatic carbocycles. The molecule has 1 aromatic heterocycles. The zero-order valence-electron chi connectivity index (χ0n) is 8.69. The van der Waals surface area contributed by atoms with Crippen molar-refractivity contribution in [2.24, 2.45) is 5.73 Å². The number of rotatable bonds is 3. The van der Waals surface area contributed by atoms with Crippen LogP contribution in [-0.2, 0) is 0 Å². The maximum absolute atomic E-state index is 13.5. The van der Waals surface area contributed by atoms with Gasteiger partial charge in [-0.1, -0.05) is 24.3 Å². The third kappa shape index (κ3) is 2.38. The van der Waals surface area contributed by atoms with E-state index in [1.54, 1.807) is 23.5 Å². The molecule has 0 spiro atoms. The highest BCUT2D eigenvalue weighted by molar-refractivity contribution is 7.16. The summed E-state index contributed by atoms with van der Waals surface area (Å²) in [5.41, 5.74) is 6.03. The lowest BCUT2D eigenvalue weighted by molar-refractivity contribution is 0.631. The molecule has 0 aliphatic heterocycles. The Morgan fingerprint density at radius 2 is 2.00 bits per heavy atom. The molecule has 1 nitrogen and oxygen atoms in total. The van der Waals surface area contributed by atoms with Crippen LogP contribution in [0.15, 0.2) is 42.5 Å². The van der Waals surface area contributed by atoms with Gasteiger partial charge in [0.1, 0.15) is 5.82 Å². The van der Waals surface area contributed by atoms with Crippen molar-refractivity contribution in [2.75, 3.05) is 6.54 Å². The quantitative estimate of drug-likeness (QED) is 0.862. The number of nitrogens with two attached hydrogens (primary N) is 1. The van der Waals surface area contributed by atoms with Crippen molar-refractivity contribution in [3.05, 3.63) is 53.2 Å². The fraction of sp³-hybridized carbons (Fsp3) is 0.0769. The summed E-state index contributed by atoms with van der Waals surface area (Å²) in [6, 6.07) is 10.7. The Kier molecular flexibility index (Phi) is 3.49. The monoisotopic (exact) mass is 233 g/mol. The molecule has 0 aliphatic carbocycles. The fourth-order valence-electron chi connectivity index (χ4n) is 1.43. The molecule has 2 aromatic rings. The molecule has 0 saturated heterocycles. The van der Waals surface area contributed by atoms with Gasteiger partial charge in [0, 0.05) is 21.9 Å². The fourth-order valence-corrected chi connectivity index (χ4v) is 2.40. The van der Waals surface area contributed by atoms with Crippen molar-refractivity contribution in [3.63, 3.8) is 0 Å². The summed E-state index contributed by atoms with van der Waals surface area (Å²) in [4.78, 5) is 2.03. The summed E-state index contributed by atoms with van der Waals surface area (Å²) >= 11 is 1.56. The van der Waals surface area contributed by atoms with E-state index in [4.69, 9.17) is 5.73 Å². The summed E-state index contributed by atoms with van der Waals surface area (Å²) < 4.78 is 13.5. The number of hydrogen-bond acceptors (Lipinski definition) is 2. The lowest BCUT2D eigenvalue weighted by atomic mass is 10.2. The van der Waals surface area contributed by atoms with Gasteiger partial charge in [-0.25, -0.2) is 4.39 Å². The van der Waals surface area contributed by atoms with Gasteiger partial charge in [-0.3, -0.25) is 0 Å². The standard InChI is InChI=1S/C13H12FNS/c14-12-6-2-1-5-11(12)13-8-7-10(16-13)4-3-9-15/h1-8H,9,15H2. The van der Waals surface area contributed by atoms with E-state index in [1.165, 1.54) is 6.07 Å². The Hall–Kier alpha value is -1.45. The van der Waals surface area contributed by atoms with E-state index in [-0.39, 0.29) is 5.82 Å². The van der Waals surface area contributed by atoms with Gasteiger partial charge in [-0.15, -0.1) is 11.3 Å². The van der Waals surface area contributed by atoms with E-state index in [2.05, 4.69) is 0 Å². The topological polar surface area (TPSA) is 26.0 Å². The Morgan fingerprint density at radius 3 is 2.75 bits per heavy atom. The number of benzene rings is 1. The highest BCUT2D eigenvalue weighted by Crippen LogP contribution is 2.30. The van der Waals surface area contributed by atoms with E-state index < -0.39 is 0 Å². The number of hydrogen-bond donors (Lipinski definition) is 1. The van der Waals surface area contributed by atoms with Crippen LogP contribution in [0.4, 0.5) is 4.39 Å². The number of halogens is 1. The third-order valence-corrected chi connectivity index (χ3v) is 3.27. The molecule has 0 radical (unpaired) electrons. The van der Waals surface area contributed by atoms with E-state index >= 15 is 0 Å². The van der Waals surface area contributed by atoms with E-state index in [1.807, 2.05) is 30.4 Å². The second kappa shape index (κ2) is 5.05. The Labute approximate surface area is 98.0 Å². The lowest BCUT2D eigenvalue weighted by Gasteiger charge is -1.97. The largest absolute Gasteiger partial charge is 0.327 e. The first-order valence-corrected chi connectivity index (χ1v) is 5.84. The summed E-state index contributed by atoms with van der Waals surface area (Å²) in [5, 5.41) is 0. The first kappa shape index (κ1) is 11.0. The normalized spacial score (nSPS) is 11.1. The van der Waals surface area contributed by atoms with Crippen molar-refractivity contribution < 1.29 is 4.39 Å². The first-order valence-electron chi connectivity index (χ1n) is 5.02. The summed E-state index contributed by atoms with van der Waals surface area (Å²) in [6.45, 7) is 0.521. The van der Waals surface area contributed by atoms with Crippen LogP contribution in [0.1, 0.15) is 4.88 Å². The zero-order valence-corrected chi connectivity index (χ0v) is 9.51. The molecule has 82 valence electrons. The second-order valence-electron chi connectivity index (χ2n) is 3.32. The molecule has 2 N–H and O–H groups in total. The van der Waals surface area contributed by atoms with E-state index in [0.717, 1.165) is 9.75 Å². The van der Waals surface area contributed by atoms with Crippen molar-refractivity contribution in [2.45, 2.75) is 0 Å². The highest BCUT2D eigenvalue weighted by Gasteiger charge is 2.05. The number of thiophene rings is 1. The van der Waals surface area contributed by atoms with Gasteiger partial charge < -0.3 is 5.73 Å². The third-order valence-electron chi connectivity index (χ3n) is 2.18. The molecule has 0 aliphatic rings. The van der Waals surface area contributed by atoms with Crippen LogP contribution in [0.3, 0.4) is 0 Å². The minimum absolute atomic E-state index is 0.182. The molecule has 1 heterocycles. The maximum atomic E-state index is 13.5. The summed E-state index contributed by atoms with van der Waals surface area (Å²) in [7, 11) is 0. The predicted octanol–water partition coefficient (Wildman–Crippen LogP) is 3.53. The highest BCUT2D eigenvalue weighted by atomic mass is 32.1. The molecule has 0 amide bonds. The van der Waals surface area contributed by atoms with E-state index in [0.29, 0.717) is 12.1 Å². The van der Waals surface area contributed by atoms with Crippen molar-refractivity contribution >= 4 is 17.4 Å². The molecule has 0 bridgehead atoms. The molecule has 16 heavy (non-hydrogen) atoms. The first-order chi connectivity index (χ1) is 7.81. The van der Waals surface area contributed by atoms with Crippen molar-refractivity contribution in [3.8, 4) is 10.4 Å². The molecular formula is C13H12FNS. The van der Waals surface area contributed by atoms with Crippen molar-refractivity contribution in [1.29, 1.82) is 0 Å². The van der Waals surface area contributed by atoms with Crippen LogP contribution >= 0.6 is 11.3 Å². The van der Waals surface area contributed by atoms with Gasteiger partial charge in [-0.05, 0) is 24.3 Å². The molecule has 0 unspecified atom stereocenters. The van der Waals surface area contributed by atoms with Gasteiger partial charge in [-0.2, -0.15) is 0 Å². The van der Waals surface area contributed by atoms with Crippen LogP contribution in [0.5, 0.6) is 0 Å². The van der Waals surface area contributed by atoms with Gasteiger partial charge in [0.2, 0.25) is 0 Å². The van der Waals surface area contributed by atoms with Gasteiger partial charge in [0.25, 0.3) is 0 Å². The van der Waals surface area contributed by atoms with Crippen molar-refractivity contribution in [1.82, 2.24) is 0 Å². The van der Waals surface area contributed by atoms with Gasteiger partial charge in [0.15, 0.2) is 0 Å². The Balaban J connectivity index is 2.32. The van der Waals surface area contributed by atoms with Gasteiger partial charge in [0.05, 0.1) is 0 Å². The molecule has 3 heteroatoms. The summed E-state index contributed by atoms with van der Waals surface area (Å²) in [6.07, 6.45) is 3.84. The van der Waals surface area contributed by atoms with Crippen LogP contribution in [-0.4, -0.2) is 6.54 Å². The lowest BCUT2D eigenvalue weighted by Crippen LogP contribution is -1.91. The van der Waals surface area contributed by atoms with Crippen LogP contribution in [0, 0.1) is 5.82 Å². The molecule has 0 fully saturated rings. The predicted molar refractivity (Wildman–Crippen MR) is 67.8 cm³/mol. The average molecular weight is 233 g/mol. The maximum Gasteiger partial charge on any atom is 0.131 e. The Bertz CT molecular complexity index is 502. The smallest absolute Gasteiger partial charge is 0.131 e. The molecule has 0 saturated carbocycles. The minimum atomic E-state index is -0.182. The van der Waals surface area contributed by atoms with Gasteiger partial charge >= 0.3 is 0 Å². The summed E-state index contributed by atoms with van der Waals surface area (Å²) in [5.74, 6) is -0.182. The SMILES string of the molecule is NCC=Cc1ccc(-c2ccccc2F)s1. The average Bonchev–Trinajstić information content (AvgIpc) is 2.75. The van der Waals surface area contributed by atoms with Crippen LogP contribution < -0.4 is 5.73 Å². The molecule has 0 atom stereocenters. The van der Waals surface area contributed by atoms with E-state index in [9.17, 15) is 4.39 Å². The zero-order chi connectivity index (χ0) is 11.4.